The van der Waals surface area contributed by atoms with Crippen LogP contribution in [0.15, 0.2) is 24.3 Å². The summed E-state index contributed by atoms with van der Waals surface area (Å²) in [5.41, 5.74) is 3.00. The van der Waals surface area contributed by atoms with Gasteiger partial charge in [-0.25, -0.2) is 4.98 Å². The number of nitrogens with zero attached hydrogens (tertiary/aromatic N) is 4. The maximum absolute atomic E-state index is 11.0. The molecule has 0 fully saturated rings. The molecule has 0 bridgehead atoms. The van der Waals surface area contributed by atoms with Crippen molar-refractivity contribution in [3.05, 3.63) is 40.7 Å². The Morgan fingerprint density at radius 1 is 1.38 bits per heavy atom. The first-order valence-corrected chi connectivity index (χ1v) is 8.89. The van der Waals surface area contributed by atoms with Gasteiger partial charge in [-0.3, -0.25) is 9.48 Å². The standard InChI is InChI=1S/C16H16ClN5OS/c1-10(23)18-8-12-7-13-9-21(4-5-22(13)20-12)16-19-14-3-2-11(17)6-15(14)24-16/h2-3,6-7H,4-5,8-9H2,1H3,(H,18,23). The summed E-state index contributed by atoms with van der Waals surface area (Å²) < 4.78 is 3.11. The smallest absolute Gasteiger partial charge is 0.217 e. The molecule has 1 amide bonds. The fourth-order valence-corrected chi connectivity index (χ4v) is 4.08. The van der Waals surface area contributed by atoms with Crippen molar-refractivity contribution in [2.45, 2.75) is 26.6 Å². The van der Waals surface area contributed by atoms with Gasteiger partial charge in [-0.15, -0.1) is 0 Å². The lowest BCUT2D eigenvalue weighted by molar-refractivity contribution is -0.119. The van der Waals surface area contributed by atoms with Gasteiger partial charge in [0.2, 0.25) is 5.91 Å². The highest BCUT2D eigenvalue weighted by Crippen LogP contribution is 2.32. The third-order valence-corrected chi connectivity index (χ3v) is 5.29. The number of thiazole rings is 1. The summed E-state index contributed by atoms with van der Waals surface area (Å²) in [5, 5.41) is 9.07. The van der Waals surface area contributed by atoms with E-state index < -0.39 is 0 Å². The number of aromatic nitrogens is 3. The first-order chi connectivity index (χ1) is 11.6. The van der Waals surface area contributed by atoms with Gasteiger partial charge in [-0.2, -0.15) is 5.10 Å². The Morgan fingerprint density at radius 3 is 3.08 bits per heavy atom. The highest BCUT2D eigenvalue weighted by molar-refractivity contribution is 7.22. The van der Waals surface area contributed by atoms with Crippen LogP contribution < -0.4 is 10.2 Å². The predicted molar refractivity (Wildman–Crippen MR) is 95.4 cm³/mol. The minimum atomic E-state index is -0.0456. The molecule has 6 nitrogen and oxygen atoms in total. The highest BCUT2D eigenvalue weighted by atomic mass is 35.5. The first kappa shape index (κ1) is 15.4. The highest BCUT2D eigenvalue weighted by Gasteiger charge is 2.21. The summed E-state index contributed by atoms with van der Waals surface area (Å²) >= 11 is 7.72. The molecule has 0 atom stereocenters. The van der Waals surface area contributed by atoms with Crippen LogP contribution in [0.25, 0.3) is 10.2 Å². The molecule has 0 saturated carbocycles. The van der Waals surface area contributed by atoms with Crippen molar-refractivity contribution < 1.29 is 4.79 Å². The summed E-state index contributed by atoms with van der Waals surface area (Å²) in [6.45, 7) is 4.42. The number of rotatable bonds is 3. The molecule has 1 N–H and O–H groups in total. The van der Waals surface area contributed by atoms with Crippen LogP contribution in [0, 0.1) is 0 Å². The van der Waals surface area contributed by atoms with E-state index >= 15 is 0 Å². The number of nitrogens with one attached hydrogen (secondary N) is 1. The van der Waals surface area contributed by atoms with E-state index in [1.54, 1.807) is 11.3 Å². The molecule has 124 valence electrons. The van der Waals surface area contributed by atoms with E-state index in [1.807, 2.05) is 28.9 Å². The summed E-state index contributed by atoms with van der Waals surface area (Å²) in [4.78, 5) is 18.0. The van der Waals surface area contributed by atoms with Crippen LogP contribution in [-0.4, -0.2) is 27.2 Å². The number of halogens is 1. The van der Waals surface area contributed by atoms with Crippen LogP contribution in [-0.2, 0) is 24.4 Å². The van der Waals surface area contributed by atoms with E-state index in [4.69, 9.17) is 16.6 Å². The van der Waals surface area contributed by atoms with Gasteiger partial charge < -0.3 is 10.2 Å². The lowest BCUT2D eigenvalue weighted by Crippen LogP contribution is -2.33. The Labute approximate surface area is 148 Å². The zero-order valence-electron chi connectivity index (χ0n) is 13.1. The van der Waals surface area contributed by atoms with Crippen LogP contribution in [0.3, 0.4) is 0 Å². The van der Waals surface area contributed by atoms with E-state index in [0.29, 0.717) is 6.54 Å². The number of carbonyl (C=O) groups excluding carboxylic acids is 1. The molecule has 0 aliphatic carbocycles. The predicted octanol–water partition coefficient (Wildman–Crippen LogP) is 2.80. The van der Waals surface area contributed by atoms with Crippen LogP contribution >= 0.6 is 22.9 Å². The van der Waals surface area contributed by atoms with Crippen LogP contribution in [0.2, 0.25) is 5.02 Å². The van der Waals surface area contributed by atoms with E-state index in [-0.39, 0.29) is 5.91 Å². The summed E-state index contributed by atoms with van der Waals surface area (Å²) in [5.74, 6) is -0.0456. The van der Waals surface area contributed by atoms with Crippen molar-refractivity contribution in [3.8, 4) is 0 Å². The van der Waals surface area contributed by atoms with Crippen LogP contribution in [0.5, 0.6) is 0 Å². The van der Waals surface area contributed by atoms with Gasteiger partial charge in [-0.1, -0.05) is 22.9 Å². The van der Waals surface area contributed by atoms with E-state index in [0.717, 1.165) is 51.4 Å². The zero-order valence-corrected chi connectivity index (χ0v) is 14.7. The molecule has 0 saturated heterocycles. The fraction of sp³-hybridized carbons (Fsp3) is 0.312. The Morgan fingerprint density at radius 2 is 2.25 bits per heavy atom. The van der Waals surface area contributed by atoms with Crippen molar-refractivity contribution in [1.29, 1.82) is 0 Å². The Balaban J connectivity index is 1.55. The van der Waals surface area contributed by atoms with Gasteiger partial charge in [0, 0.05) is 18.5 Å². The number of hydrogen-bond acceptors (Lipinski definition) is 5. The van der Waals surface area contributed by atoms with Crippen molar-refractivity contribution in [3.63, 3.8) is 0 Å². The van der Waals surface area contributed by atoms with Crippen molar-refractivity contribution >= 4 is 44.2 Å². The zero-order chi connectivity index (χ0) is 16.7. The second kappa shape index (κ2) is 6.07. The first-order valence-electron chi connectivity index (χ1n) is 7.69. The van der Waals surface area contributed by atoms with Crippen LogP contribution in [0.4, 0.5) is 5.13 Å². The Hall–Kier alpha value is -2.12. The molecule has 24 heavy (non-hydrogen) atoms. The molecule has 0 spiro atoms. The third-order valence-electron chi connectivity index (χ3n) is 3.98. The number of carbonyl (C=O) groups is 1. The monoisotopic (exact) mass is 361 g/mol. The molecule has 3 aromatic rings. The molecule has 1 aliphatic rings. The number of benzene rings is 1. The second-order valence-electron chi connectivity index (χ2n) is 5.79. The lowest BCUT2D eigenvalue weighted by atomic mass is 10.3. The summed E-state index contributed by atoms with van der Waals surface area (Å²) in [6.07, 6.45) is 0. The normalized spacial score (nSPS) is 14.0. The fourth-order valence-electron chi connectivity index (χ4n) is 2.81. The Bertz CT molecular complexity index is 918. The molecule has 3 heterocycles. The van der Waals surface area contributed by atoms with Gasteiger partial charge in [0.15, 0.2) is 5.13 Å². The van der Waals surface area contributed by atoms with Crippen LogP contribution in [0.1, 0.15) is 18.3 Å². The number of hydrogen-bond donors (Lipinski definition) is 1. The number of fused-ring (bicyclic) bond motifs is 2. The van der Waals surface area contributed by atoms with Gasteiger partial charge in [-0.05, 0) is 24.3 Å². The summed E-state index contributed by atoms with van der Waals surface area (Å²) in [6, 6.07) is 7.83. The van der Waals surface area contributed by atoms with Gasteiger partial charge in [0.25, 0.3) is 0 Å². The molecule has 8 heteroatoms. The second-order valence-corrected chi connectivity index (χ2v) is 7.24. The summed E-state index contributed by atoms with van der Waals surface area (Å²) in [7, 11) is 0. The minimum absolute atomic E-state index is 0.0456. The Kier molecular flexibility index (Phi) is 3.90. The molecule has 1 aliphatic heterocycles. The SMILES string of the molecule is CC(=O)NCc1cc2n(n1)CCN(c1nc3ccc(Cl)cc3s1)C2. The maximum atomic E-state index is 11.0. The molecule has 1 aromatic carbocycles. The van der Waals surface area contributed by atoms with Crippen molar-refractivity contribution in [2.24, 2.45) is 0 Å². The quantitative estimate of drug-likeness (QED) is 0.779. The molecule has 0 radical (unpaired) electrons. The average molecular weight is 362 g/mol. The topological polar surface area (TPSA) is 63.1 Å². The molecular formula is C16H16ClN5OS. The van der Waals surface area contributed by atoms with Gasteiger partial charge in [0.05, 0.1) is 41.2 Å². The molecule has 4 rings (SSSR count). The number of anilines is 1. The van der Waals surface area contributed by atoms with Crippen molar-refractivity contribution in [1.82, 2.24) is 20.1 Å². The molecule has 0 unspecified atom stereocenters. The lowest BCUT2D eigenvalue weighted by Gasteiger charge is -2.27. The third kappa shape index (κ3) is 2.97. The maximum Gasteiger partial charge on any atom is 0.217 e. The van der Waals surface area contributed by atoms with E-state index in [2.05, 4.69) is 15.3 Å². The largest absolute Gasteiger partial charge is 0.351 e. The van der Waals surface area contributed by atoms with Gasteiger partial charge >= 0.3 is 0 Å². The molecular weight excluding hydrogens is 346 g/mol. The average Bonchev–Trinajstić information content (AvgIpc) is 3.14. The minimum Gasteiger partial charge on any atom is -0.351 e. The molecule has 2 aromatic heterocycles. The van der Waals surface area contributed by atoms with Gasteiger partial charge in [0.1, 0.15) is 0 Å². The van der Waals surface area contributed by atoms with Crippen molar-refractivity contribution in [2.75, 3.05) is 11.4 Å². The van der Waals surface area contributed by atoms with E-state index in [9.17, 15) is 4.79 Å². The van der Waals surface area contributed by atoms with E-state index in [1.165, 1.54) is 6.92 Å². The number of amides is 1.